The van der Waals surface area contributed by atoms with Crippen molar-refractivity contribution < 1.29 is 4.39 Å². The van der Waals surface area contributed by atoms with Crippen molar-refractivity contribution in [2.45, 2.75) is 13.0 Å². The smallest absolute Gasteiger partial charge is 0.141 e. The van der Waals surface area contributed by atoms with Crippen LogP contribution in [0.1, 0.15) is 23.1 Å². The van der Waals surface area contributed by atoms with Crippen LogP contribution in [0.2, 0.25) is 0 Å². The molecule has 0 bridgehead atoms. The van der Waals surface area contributed by atoms with Gasteiger partial charge in [0.25, 0.3) is 0 Å². The Balaban J connectivity index is 2.35. The number of aromatic nitrogens is 3. The SMILES string of the molecule is Cc1nccc(C(N)c2cncc(F)c2)n1. The summed E-state index contributed by atoms with van der Waals surface area (Å²) in [6.07, 6.45) is 4.30. The third-order valence-corrected chi connectivity index (χ3v) is 2.20. The van der Waals surface area contributed by atoms with Crippen LogP contribution in [0.25, 0.3) is 0 Å². The maximum atomic E-state index is 13.0. The number of rotatable bonds is 2. The van der Waals surface area contributed by atoms with Crippen LogP contribution < -0.4 is 5.73 Å². The number of halogens is 1. The molecule has 0 spiro atoms. The fraction of sp³-hybridized carbons (Fsp3) is 0.182. The Morgan fingerprint density at radius 3 is 2.88 bits per heavy atom. The third-order valence-electron chi connectivity index (χ3n) is 2.20. The first-order valence-corrected chi connectivity index (χ1v) is 4.82. The van der Waals surface area contributed by atoms with Crippen LogP contribution in [0.4, 0.5) is 4.39 Å². The second kappa shape index (κ2) is 4.32. The van der Waals surface area contributed by atoms with Gasteiger partial charge in [0.15, 0.2) is 0 Å². The van der Waals surface area contributed by atoms with E-state index in [9.17, 15) is 4.39 Å². The van der Waals surface area contributed by atoms with Crippen LogP contribution in [-0.4, -0.2) is 15.0 Å². The zero-order chi connectivity index (χ0) is 11.5. The first-order valence-electron chi connectivity index (χ1n) is 4.82. The summed E-state index contributed by atoms with van der Waals surface area (Å²) in [6, 6.07) is 2.59. The van der Waals surface area contributed by atoms with E-state index in [1.165, 1.54) is 12.3 Å². The van der Waals surface area contributed by atoms with Gasteiger partial charge in [0.1, 0.15) is 11.6 Å². The Hall–Kier alpha value is -1.88. The number of hydrogen-bond donors (Lipinski definition) is 1. The number of pyridine rings is 1. The molecule has 2 aromatic heterocycles. The minimum atomic E-state index is -0.482. The topological polar surface area (TPSA) is 64.7 Å². The first kappa shape index (κ1) is 10.6. The van der Waals surface area contributed by atoms with E-state index in [2.05, 4.69) is 15.0 Å². The Kier molecular flexibility index (Phi) is 2.87. The lowest BCUT2D eigenvalue weighted by molar-refractivity contribution is 0.615. The second-order valence-corrected chi connectivity index (χ2v) is 3.44. The largest absolute Gasteiger partial charge is 0.319 e. The summed E-state index contributed by atoms with van der Waals surface area (Å²) in [7, 11) is 0. The summed E-state index contributed by atoms with van der Waals surface area (Å²) in [4.78, 5) is 11.9. The normalized spacial score (nSPS) is 12.4. The molecule has 0 fully saturated rings. The molecule has 0 aliphatic rings. The molecule has 2 aromatic rings. The van der Waals surface area contributed by atoms with Crippen molar-refractivity contribution in [2.24, 2.45) is 5.73 Å². The lowest BCUT2D eigenvalue weighted by atomic mass is 10.1. The van der Waals surface area contributed by atoms with E-state index in [4.69, 9.17) is 5.73 Å². The molecule has 82 valence electrons. The van der Waals surface area contributed by atoms with Gasteiger partial charge in [0.05, 0.1) is 17.9 Å². The average molecular weight is 218 g/mol. The highest BCUT2D eigenvalue weighted by Crippen LogP contribution is 2.16. The molecule has 0 radical (unpaired) electrons. The highest BCUT2D eigenvalue weighted by Gasteiger charge is 2.11. The van der Waals surface area contributed by atoms with Gasteiger partial charge in [-0.25, -0.2) is 14.4 Å². The van der Waals surface area contributed by atoms with Gasteiger partial charge < -0.3 is 5.73 Å². The predicted octanol–water partition coefficient (Wildman–Crippen LogP) is 1.37. The fourth-order valence-corrected chi connectivity index (χ4v) is 1.42. The van der Waals surface area contributed by atoms with Crippen LogP contribution in [0.3, 0.4) is 0 Å². The zero-order valence-corrected chi connectivity index (χ0v) is 8.76. The molecule has 0 amide bonds. The minimum absolute atomic E-state index is 0.404. The van der Waals surface area contributed by atoms with Crippen LogP contribution in [0.15, 0.2) is 30.7 Å². The highest BCUT2D eigenvalue weighted by atomic mass is 19.1. The molecule has 16 heavy (non-hydrogen) atoms. The number of hydrogen-bond acceptors (Lipinski definition) is 4. The van der Waals surface area contributed by atoms with Crippen molar-refractivity contribution in [3.05, 3.63) is 53.6 Å². The molecule has 0 aliphatic heterocycles. The van der Waals surface area contributed by atoms with Crippen molar-refractivity contribution in [3.8, 4) is 0 Å². The van der Waals surface area contributed by atoms with E-state index in [1.807, 2.05) is 0 Å². The van der Waals surface area contributed by atoms with Gasteiger partial charge in [-0.15, -0.1) is 0 Å². The van der Waals surface area contributed by atoms with Gasteiger partial charge in [-0.05, 0) is 24.6 Å². The van der Waals surface area contributed by atoms with Crippen LogP contribution in [0, 0.1) is 12.7 Å². The summed E-state index contributed by atoms with van der Waals surface area (Å²) < 4.78 is 13.0. The average Bonchev–Trinajstić information content (AvgIpc) is 2.28. The molecule has 2 heterocycles. The Labute approximate surface area is 92.4 Å². The van der Waals surface area contributed by atoms with Crippen molar-refractivity contribution in [1.29, 1.82) is 0 Å². The lowest BCUT2D eigenvalue weighted by Gasteiger charge is -2.11. The molecular formula is C11H11FN4. The lowest BCUT2D eigenvalue weighted by Crippen LogP contribution is -2.14. The molecule has 2 N–H and O–H groups in total. The molecule has 0 saturated carbocycles. The molecule has 4 nitrogen and oxygen atoms in total. The Bertz CT molecular complexity index is 455. The van der Waals surface area contributed by atoms with E-state index in [0.717, 1.165) is 6.20 Å². The molecule has 2 rings (SSSR count). The van der Waals surface area contributed by atoms with Gasteiger partial charge in [-0.1, -0.05) is 0 Å². The molecule has 1 atom stereocenters. The number of nitrogens with zero attached hydrogens (tertiary/aromatic N) is 3. The molecule has 1 unspecified atom stereocenters. The van der Waals surface area contributed by atoms with E-state index in [-0.39, 0.29) is 0 Å². The van der Waals surface area contributed by atoms with Gasteiger partial charge >= 0.3 is 0 Å². The fourth-order valence-electron chi connectivity index (χ4n) is 1.42. The number of nitrogens with two attached hydrogens (primary N) is 1. The minimum Gasteiger partial charge on any atom is -0.319 e. The summed E-state index contributed by atoms with van der Waals surface area (Å²) in [5.41, 5.74) is 7.21. The van der Waals surface area contributed by atoms with E-state index in [0.29, 0.717) is 17.1 Å². The van der Waals surface area contributed by atoms with E-state index < -0.39 is 11.9 Å². The van der Waals surface area contributed by atoms with E-state index >= 15 is 0 Å². The summed E-state index contributed by atoms with van der Waals surface area (Å²) >= 11 is 0. The molecular weight excluding hydrogens is 207 g/mol. The van der Waals surface area contributed by atoms with Crippen molar-refractivity contribution in [1.82, 2.24) is 15.0 Å². The monoisotopic (exact) mass is 218 g/mol. The first-order chi connectivity index (χ1) is 7.66. The van der Waals surface area contributed by atoms with Gasteiger partial charge in [-0.2, -0.15) is 0 Å². The predicted molar refractivity (Wildman–Crippen MR) is 57.0 cm³/mol. The van der Waals surface area contributed by atoms with Crippen LogP contribution in [-0.2, 0) is 0 Å². The Morgan fingerprint density at radius 2 is 2.19 bits per heavy atom. The quantitative estimate of drug-likeness (QED) is 0.826. The molecule has 0 aliphatic carbocycles. The van der Waals surface area contributed by atoms with Gasteiger partial charge in [0, 0.05) is 12.4 Å². The van der Waals surface area contributed by atoms with Crippen LogP contribution >= 0.6 is 0 Å². The molecule has 0 saturated heterocycles. The maximum Gasteiger partial charge on any atom is 0.141 e. The zero-order valence-electron chi connectivity index (χ0n) is 8.76. The van der Waals surface area contributed by atoms with Gasteiger partial charge in [-0.3, -0.25) is 4.98 Å². The van der Waals surface area contributed by atoms with Crippen molar-refractivity contribution >= 4 is 0 Å². The second-order valence-electron chi connectivity index (χ2n) is 3.44. The van der Waals surface area contributed by atoms with Gasteiger partial charge in [0.2, 0.25) is 0 Å². The molecule has 5 heteroatoms. The third kappa shape index (κ3) is 2.20. The van der Waals surface area contributed by atoms with Crippen LogP contribution in [0.5, 0.6) is 0 Å². The Morgan fingerprint density at radius 1 is 1.38 bits per heavy atom. The number of aryl methyl sites for hydroxylation is 1. The van der Waals surface area contributed by atoms with E-state index in [1.54, 1.807) is 19.2 Å². The highest BCUT2D eigenvalue weighted by molar-refractivity contribution is 5.24. The standard InChI is InChI=1S/C11H11FN4/c1-7-15-3-2-10(16-7)11(13)8-4-9(12)6-14-5-8/h2-6,11H,13H2,1H3. The molecule has 0 aromatic carbocycles. The summed E-state index contributed by atoms with van der Waals surface area (Å²) in [5, 5.41) is 0. The van der Waals surface area contributed by atoms with Crippen molar-refractivity contribution in [2.75, 3.05) is 0 Å². The summed E-state index contributed by atoms with van der Waals surface area (Å²) in [5.74, 6) is 0.232. The summed E-state index contributed by atoms with van der Waals surface area (Å²) in [6.45, 7) is 1.78. The maximum absolute atomic E-state index is 13.0. The van der Waals surface area contributed by atoms with Crippen molar-refractivity contribution in [3.63, 3.8) is 0 Å².